The first-order valence-corrected chi connectivity index (χ1v) is 8.15. The second-order valence-electron chi connectivity index (χ2n) is 5.73. The van der Waals surface area contributed by atoms with Gasteiger partial charge in [0.2, 0.25) is 0 Å². The number of thioether (sulfide) groups is 1. The molecule has 1 aromatic rings. The van der Waals surface area contributed by atoms with Gasteiger partial charge in [0.1, 0.15) is 0 Å². The summed E-state index contributed by atoms with van der Waals surface area (Å²) in [5.74, 6) is 0.126. The van der Waals surface area contributed by atoms with Gasteiger partial charge in [-0.05, 0) is 19.8 Å². The Labute approximate surface area is 140 Å². The first-order valence-electron chi connectivity index (χ1n) is 7.27. The number of carbonyl (C=O) groups excluding carboxylic acids is 1. The maximum Gasteiger partial charge on any atom is 0.182 e. The highest BCUT2D eigenvalue weighted by molar-refractivity contribution is 8.93. The zero-order valence-corrected chi connectivity index (χ0v) is 14.7. The summed E-state index contributed by atoms with van der Waals surface area (Å²) in [7, 11) is 0. The van der Waals surface area contributed by atoms with Crippen molar-refractivity contribution >= 4 is 39.7 Å². The topological polar surface area (TPSA) is 44.2 Å². The summed E-state index contributed by atoms with van der Waals surface area (Å²) in [5.41, 5.74) is 1.92. The maximum absolute atomic E-state index is 12.4. The molecule has 0 aromatic heterocycles. The van der Waals surface area contributed by atoms with Gasteiger partial charge in [0.15, 0.2) is 11.0 Å². The van der Waals surface area contributed by atoms with Crippen molar-refractivity contribution in [2.75, 3.05) is 6.54 Å². The fraction of sp³-hybridized carbons (Fsp3) is 0.500. The van der Waals surface area contributed by atoms with Crippen molar-refractivity contribution < 1.29 is 4.79 Å². The number of aryl methyl sites for hydroxylation is 1. The molecule has 2 atom stereocenters. The summed E-state index contributed by atoms with van der Waals surface area (Å²) in [6.45, 7) is 2.38. The van der Waals surface area contributed by atoms with Crippen LogP contribution in [0.1, 0.15) is 41.6 Å². The van der Waals surface area contributed by atoms with Crippen LogP contribution in [0.25, 0.3) is 0 Å². The number of amidine groups is 1. The van der Waals surface area contributed by atoms with Crippen molar-refractivity contribution in [2.45, 2.75) is 43.9 Å². The Morgan fingerprint density at radius 3 is 2.67 bits per heavy atom. The predicted molar refractivity (Wildman–Crippen MR) is 93.9 cm³/mol. The molecule has 0 bridgehead atoms. The number of hydrogen-bond acceptors (Lipinski definition) is 3. The summed E-state index contributed by atoms with van der Waals surface area (Å²) in [4.78, 5) is 14.4. The number of benzene rings is 1. The number of nitrogens with one attached hydrogen (secondary N) is 1. The van der Waals surface area contributed by atoms with Crippen LogP contribution in [0.5, 0.6) is 0 Å². The summed E-state index contributed by atoms with van der Waals surface area (Å²) < 4.78 is 0. The second-order valence-corrected chi connectivity index (χ2v) is 6.96. The molecule has 21 heavy (non-hydrogen) atoms. The largest absolute Gasteiger partial charge is 0.340 e. The molecule has 1 aliphatic carbocycles. The predicted octanol–water partition coefficient (Wildman–Crippen LogP) is 4.05. The molecule has 2 unspecified atom stereocenters. The summed E-state index contributed by atoms with van der Waals surface area (Å²) in [5, 5.41) is 9.24. The highest BCUT2D eigenvalue weighted by Gasteiger charge is 2.40. The summed E-state index contributed by atoms with van der Waals surface area (Å²) in [6.07, 6.45) is 4.81. The zero-order chi connectivity index (χ0) is 14.1. The van der Waals surface area contributed by atoms with E-state index in [1.807, 2.05) is 36.1 Å². The van der Waals surface area contributed by atoms with Gasteiger partial charge in [-0.15, -0.1) is 17.0 Å². The number of nitrogens with zero attached hydrogens (tertiary/aromatic N) is 1. The number of rotatable bonds is 3. The van der Waals surface area contributed by atoms with Crippen LogP contribution in [0.3, 0.4) is 0 Å². The van der Waals surface area contributed by atoms with Crippen molar-refractivity contribution in [2.24, 2.45) is 0 Å². The molecular weight excluding hydrogens is 348 g/mol. The minimum atomic E-state index is 0. The molecule has 3 rings (SSSR count). The lowest BCUT2D eigenvalue weighted by Crippen LogP contribution is -2.41. The first-order chi connectivity index (χ1) is 9.65. The Hall–Kier alpha value is -0.810. The molecule has 1 saturated carbocycles. The maximum atomic E-state index is 12.4. The van der Waals surface area contributed by atoms with Crippen LogP contribution in [-0.2, 0) is 0 Å². The van der Waals surface area contributed by atoms with Crippen LogP contribution in [-0.4, -0.2) is 33.7 Å². The molecule has 1 heterocycles. The zero-order valence-electron chi connectivity index (χ0n) is 12.2. The SMILES string of the molecule is Br.Cc1ccc(C(=O)CN2C(=N)SC3CCCCC32)cc1. The van der Waals surface area contributed by atoms with E-state index in [0.29, 0.717) is 23.0 Å². The smallest absolute Gasteiger partial charge is 0.182 e. The van der Waals surface area contributed by atoms with Crippen molar-refractivity contribution in [3.05, 3.63) is 35.4 Å². The molecule has 5 heteroatoms. The van der Waals surface area contributed by atoms with E-state index in [1.165, 1.54) is 24.8 Å². The van der Waals surface area contributed by atoms with E-state index in [4.69, 9.17) is 5.41 Å². The van der Waals surface area contributed by atoms with Crippen LogP contribution in [0.4, 0.5) is 0 Å². The number of hydrogen-bond donors (Lipinski definition) is 1. The molecule has 1 N–H and O–H groups in total. The highest BCUT2D eigenvalue weighted by atomic mass is 79.9. The molecule has 1 aromatic carbocycles. The molecule has 114 valence electrons. The molecule has 3 nitrogen and oxygen atoms in total. The van der Waals surface area contributed by atoms with Gasteiger partial charge in [0.25, 0.3) is 0 Å². The van der Waals surface area contributed by atoms with E-state index in [9.17, 15) is 4.79 Å². The van der Waals surface area contributed by atoms with Gasteiger partial charge in [-0.2, -0.15) is 0 Å². The van der Waals surface area contributed by atoms with Crippen LogP contribution in [0.15, 0.2) is 24.3 Å². The molecule has 0 radical (unpaired) electrons. The van der Waals surface area contributed by atoms with Gasteiger partial charge in [-0.1, -0.05) is 54.4 Å². The van der Waals surface area contributed by atoms with Crippen molar-refractivity contribution in [1.82, 2.24) is 4.90 Å². The number of halogens is 1. The lowest BCUT2D eigenvalue weighted by Gasteiger charge is -2.30. The summed E-state index contributed by atoms with van der Waals surface area (Å²) >= 11 is 1.65. The average Bonchev–Trinajstić information content (AvgIpc) is 2.76. The third-order valence-electron chi connectivity index (χ3n) is 4.28. The van der Waals surface area contributed by atoms with E-state index in [2.05, 4.69) is 0 Å². The van der Waals surface area contributed by atoms with Gasteiger partial charge >= 0.3 is 0 Å². The molecule has 1 aliphatic heterocycles. The Balaban J connectivity index is 0.00000161. The number of ketones is 1. The molecule has 0 amide bonds. The minimum Gasteiger partial charge on any atom is -0.340 e. The minimum absolute atomic E-state index is 0. The highest BCUT2D eigenvalue weighted by Crippen LogP contribution is 2.39. The van der Waals surface area contributed by atoms with E-state index in [1.54, 1.807) is 11.8 Å². The van der Waals surface area contributed by atoms with Crippen molar-refractivity contribution in [3.8, 4) is 0 Å². The molecular formula is C16H21BrN2OS. The van der Waals surface area contributed by atoms with Crippen molar-refractivity contribution in [1.29, 1.82) is 5.41 Å². The normalized spacial score (nSPS) is 24.4. The van der Waals surface area contributed by atoms with Crippen LogP contribution >= 0.6 is 28.7 Å². The second kappa shape index (κ2) is 6.97. The Morgan fingerprint density at radius 1 is 1.29 bits per heavy atom. The van der Waals surface area contributed by atoms with Gasteiger partial charge in [-0.25, -0.2) is 0 Å². The molecule has 2 fully saturated rings. The van der Waals surface area contributed by atoms with Gasteiger partial charge < -0.3 is 4.90 Å². The monoisotopic (exact) mass is 368 g/mol. The number of fused-ring (bicyclic) bond motifs is 1. The Bertz CT molecular complexity index is 532. The fourth-order valence-corrected chi connectivity index (χ4v) is 4.45. The molecule has 0 spiro atoms. The van der Waals surface area contributed by atoms with Crippen LogP contribution in [0, 0.1) is 12.3 Å². The molecule has 1 saturated heterocycles. The average molecular weight is 369 g/mol. The fourth-order valence-electron chi connectivity index (χ4n) is 3.11. The van der Waals surface area contributed by atoms with E-state index < -0.39 is 0 Å². The lowest BCUT2D eigenvalue weighted by molar-refractivity contribution is 0.0943. The van der Waals surface area contributed by atoms with Crippen molar-refractivity contribution in [3.63, 3.8) is 0 Å². The third-order valence-corrected chi connectivity index (χ3v) is 5.59. The number of carbonyl (C=O) groups is 1. The number of Topliss-reactive ketones (excluding diaryl/α,β-unsaturated/α-hetero) is 1. The van der Waals surface area contributed by atoms with Gasteiger partial charge in [0.05, 0.1) is 6.54 Å². The summed E-state index contributed by atoms with van der Waals surface area (Å²) in [6, 6.07) is 8.13. The van der Waals surface area contributed by atoms with Gasteiger partial charge in [0, 0.05) is 16.9 Å². The Kier molecular flexibility index (Phi) is 5.49. The lowest BCUT2D eigenvalue weighted by atomic mass is 9.93. The van der Waals surface area contributed by atoms with Gasteiger partial charge in [-0.3, -0.25) is 10.2 Å². The standard InChI is InChI=1S/C16H20N2OS.BrH/c1-11-6-8-12(9-7-11)14(19)10-18-13-4-2-3-5-15(13)20-16(18)17;/h6-9,13,15,17H,2-5,10H2,1H3;1H. The Morgan fingerprint density at radius 2 is 1.95 bits per heavy atom. The van der Waals surface area contributed by atoms with Crippen LogP contribution in [0.2, 0.25) is 0 Å². The van der Waals surface area contributed by atoms with E-state index >= 15 is 0 Å². The third kappa shape index (κ3) is 3.51. The van der Waals surface area contributed by atoms with E-state index in [-0.39, 0.29) is 22.8 Å². The molecule has 2 aliphatic rings. The quantitative estimate of drug-likeness (QED) is 0.818. The first kappa shape index (κ1) is 16.6. The van der Waals surface area contributed by atoms with E-state index in [0.717, 1.165) is 12.0 Å². The van der Waals surface area contributed by atoms with Crippen LogP contribution < -0.4 is 0 Å².